The zero-order chi connectivity index (χ0) is 10.1. The standard InChI is InChI=1S/C12H15N3/c1-2-9(3-1)7-13-11-4-5-12-10(6-11)8-14-15-12/h4-6,8-9,13H,1-3,7H2,(H,14,15). The highest BCUT2D eigenvalue weighted by molar-refractivity contribution is 5.81. The quantitative estimate of drug-likeness (QED) is 0.801. The Balaban J connectivity index is 1.72. The number of nitrogens with zero attached hydrogens (tertiary/aromatic N) is 1. The molecule has 0 unspecified atom stereocenters. The first-order valence-electron chi connectivity index (χ1n) is 5.59. The van der Waals surface area contributed by atoms with Crippen LogP contribution >= 0.6 is 0 Å². The molecule has 0 bridgehead atoms. The number of rotatable bonds is 3. The molecule has 0 aliphatic heterocycles. The number of hydrogen-bond acceptors (Lipinski definition) is 2. The molecule has 1 aliphatic rings. The Morgan fingerprint density at radius 3 is 3.13 bits per heavy atom. The highest BCUT2D eigenvalue weighted by Gasteiger charge is 2.16. The molecule has 1 saturated carbocycles. The van der Waals surface area contributed by atoms with Gasteiger partial charge in [0.05, 0.1) is 11.7 Å². The first kappa shape index (κ1) is 8.77. The average molecular weight is 201 g/mol. The van der Waals surface area contributed by atoms with Crippen molar-refractivity contribution in [3.63, 3.8) is 0 Å². The molecule has 2 N–H and O–H groups in total. The summed E-state index contributed by atoms with van der Waals surface area (Å²) in [6.07, 6.45) is 6.05. The molecule has 2 aromatic rings. The van der Waals surface area contributed by atoms with E-state index in [2.05, 4.69) is 33.7 Å². The van der Waals surface area contributed by atoms with Gasteiger partial charge in [0, 0.05) is 17.6 Å². The van der Waals surface area contributed by atoms with Gasteiger partial charge in [0.2, 0.25) is 0 Å². The largest absolute Gasteiger partial charge is 0.385 e. The first-order valence-corrected chi connectivity index (χ1v) is 5.59. The van der Waals surface area contributed by atoms with Gasteiger partial charge in [-0.15, -0.1) is 0 Å². The monoisotopic (exact) mass is 201 g/mol. The molecule has 1 fully saturated rings. The van der Waals surface area contributed by atoms with Crippen molar-refractivity contribution in [3.05, 3.63) is 24.4 Å². The van der Waals surface area contributed by atoms with Crippen molar-refractivity contribution < 1.29 is 0 Å². The van der Waals surface area contributed by atoms with E-state index in [0.29, 0.717) is 0 Å². The molecule has 1 aromatic carbocycles. The normalized spacial score (nSPS) is 16.5. The number of nitrogens with one attached hydrogen (secondary N) is 2. The molecular weight excluding hydrogens is 186 g/mol. The topological polar surface area (TPSA) is 40.7 Å². The molecule has 78 valence electrons. The van der Waals surface area contributed by atoms with Gasteiger partial charge in [-0.25, -0.2) is 0 Å². The minimum absolute atomic E-state index is 0.894. The molecule has 3 heteroatoms. The van der Waals surface area contributed by atoms with E-state index < -0.39 is 0 Å². The Hall–Kier alpha value is -1.51. The molecule has 15 heavy (non-hydrogen) atoms. The van der Waals surface area contributed by atoms with E-state index in [0.717, 1.165) is 18.0 Å². The fourth-order valence-corrected chi connectivity index (χ4v) is 2.01. The van der Waals surface area contributed by atoms with Crippen LogP contribution in [0.4, 0.5) is 5.69 Å². The summed E-state index contributed by atoms with van der Waals surface area (Å²) in [6.45, 7) is 1.11. The third-order valence-electron chi connectivity index (χ3n) is 3.26. The van der Waals surface area contributed by atoms with E-state index in [1.165, 1.54) is 30.3 Å². The van der Waals surface area contributed by atoms with E-state index in [4.69, 9.17) is 0 Å². The maximum atomic E-state index is 4.01. The van der Waals surface area contributed by atoms with E-state index in [9.17, 15) is 0 Å². The predicted octanol–water partition coefficient (Wildman–Crippen LogP) is 2.77. The van der Waals surface area contributed by atoms with Gasteiger partial charge in [-0.2, -0.15) is 5.10 Å². The Morgan fingerprint density at radius 2 is 2.33 bits per heavy atom. The zero-order valence-electron chi connectivity index (χ0n) is 8.66. The van der Waals surface area contributed by atoms with Crippen molar-refractivity contribution in [2.24, 2.45) is 5.92 Å². The molecule has 3 rings (SSSR count). The molecule has 1 heterocycles. The fraction of sp³-hybridized carbons (Fsp3) is 0.417. The van der Waals surface area contributed by atoms with Crippen molar-refractivity contribution in [1.82, 2.24) is 10.2 Å². The number of H-pyrrole nitrogens is 1. The van der Waals surface area contributed by atoms with Crippen molar-refractivity contribution in [2.75, 3.05) is 11.9 Å². The minimum Gasteiger partial charge on any atom is -0.385 e. The number of aromatic nitrogens is 2. The van der Waals surface area contributed by atoms with Gasteiger partial charge in [-0.3, -0.25) is 5.10 Å². The second kappa shape index (κ2) is 3.57. The molecule has 0 amide bonds. The smallest absolute Gasteiger partial charge is 0.0651 e. The van der Waals surface area contributed by atoms with Crippen LogP contribution in [0.1, 0.15) is 19.3 Å². The summed E-state index contributed by atoms with van der Waals surface area (Å²) >= 11 is 0. The molecule has 0 spiro atoms. The Labute approximate surface area is 88.9 Å². The summed E-state index contributed by atoms with van der Waals surface area (Å²) in [5, 5.41) is 11.6. The lowest BCUT2D eigenvalue weighted by Crippen LogP contribution is -2.20. The predicted molar refractivity (Wildman–Crippen MR) is 61.9 cm³/mol. The maximum Gasteiger partial charge on any atom is 0.0651 e. The zero-order valence-corrected chi connectivity index (χ0v) is 8.66. The summed E-state index contributed by atoms with van der Waals surface area (Å²) in [4.78, 5) is 0. The molecule has 3 nitrogen and oxygen atoms in total. The van der Waals surface area contributed by atoms with Crippen molar-refractivity contribution in [1.29, 1.82) is 0 Å². The van der Waals surface area contributed by atoms with Crippen molar-refractivity contribution in [3.8, 4) is 0 Å². The van der Waals surface area contributed by atoms with E-state index in [-0.39, 0.29) is 0 Å². The molecule has 1 aliphatic carbocycles. The van der Waals surface area contributed by atoms with Crippen molar-refractivity contribution >= 4 is 16.6 Å². The fourth-order valence-electron chi connectivity index (χ4n) is 2.01. The van der Waals surface area contributed by atoms with Gasteiger partial charge in [0.25, 0.3) is 0 Å². The third-order valence-corrected chi connectivity index (χ3v) is 3.26. The van der Waals surface area contributed by atoms with Crippen LogP contribution in [-0.2, 0) is 0 Å². The van der Waals surface area contributed by atoms with Crippen LogP contribution in [0.5, 0.6) is 0 Å². The van der Waals surface area contributed by atoms with Gasteiger partial charge >= 0.3 is 0 Å². The number of anilines is 1. The lowest BCUT2D eigenvalue weighted by Gasteiger charge is -2.25. The lowest BCUT2D eigenvalue weighted by atomic mass is 9.85. The van der Waals surface area contributed by atoms with Crippen LogP contribution in [0.25, 0.3) is 10.9 Å². The Bertz CT molecular complexity index is 457. The van der Waals surface area contributed by atoms with Gasteiger partial charge in [-0.1, -0.05) is 6.42 Å². The van der Waals surface area contributed by atoms with Gasteiger partial charge in [-0.05, 0) is 37.0 Å². The van der Waals surface area contributed by atoms with Gasteiger partial charge in [0.1, 0.15) is 0 Å². The van der Waals surface area contributed by atoms with Crippen LogP contribution in [0.2, 0.25) is 0 Å². The molecular formula is C12H15N3. The summed E-state index contributed by atoms with van der Waals surface area (Å²) in [5.41, 5.74) is 2.31. The molecule has 0 atom stereocenters. The Morgan fingerprint density at radius 1 is 1.40 bits per heavy atom. The van der Waals surface area contributed by atoms with Crippen LogP contribution in [0.15, 0.2) is 24.4 Å². The molecule has 1 aromatic heterocycles. The number of fused-ring (bicyclic) bond motifs is 1. The number of aromatic amines is 1. The summed E-state index contributed by atoms with van der Waals surface area (Å²) < 4.78 is 0. The highest BCUT2D eigenvalue weighted by atomic mass is 15.1. The number of benzene rings is 1. The van der Waals surface area contributed by atoms with E-state index >= 15 is 0 Å². The van der Waals surface area contributed by atoms with E-state index in [1.807, 2.05) is 6.20 Å². The molecule has 0 saturated heterocycles. The Kier molecular flexibility index (Phi) is 2.09. The highest BCUT2D eigenvalue weighted by Crippen LogP contribution is 2.26. The maximum absolute atomic E-state index is 4.01. The first-order chi connectivity index (χ1) is 7.42. The van der Waals surface area contributed by atoms with Gasteiger partial charge < -0.3 is 5.32 Å². The number of hydrogen-bond donors (Lipinski definition) is 2. The van der Waals surface area contributed by atoms with Crippen LogP contribution in [0.3, 0.4) is 0 Å². The van der Waals surface area contributed by atoms with Crippen LogP contribution < -0.4 is 5.32 Å². The lowest BCUT2D eigenvalue weighted by molar-refractivity contribution is 0.333. The SMILES string of the molecule is c1cc2[nH]ncc2cc1NCC1CCC1. The summed E-state index contributed by atoms with van der Waals surface area (Å²) in [7, 11) is 0. The second-order valence-corrected chi connectivity index (χ2v) is 4.35. The summed E-state index contributed by atoms with van der Waals surface area (Å²) in [6, 6.07) is 6.34. The molecule has 0 radical (unpaired) electrons. The van der Waals surface area contributed by atoms with Crippen LogP contribution in [0, 0.1) is 5.92 Å². The van der Waals surface area contributed by atoms with Crippen molar-refractivity contribution in [2.45, 2.75) is 19.3 Å². The average Bonchev–Trinajstić information content (AvgIpc) is 2.62. The van der Waals surface area contributed by atoms with Gasteiger partial charge in [0.15, 0.2) is 0 Å². The minimum atomic E-state index is 0.894. The summed E-state index contributed by atoms with van der Waals surface area (Å²) in [5.74, 6) is 0.894. The third kappa shape index (κ3) is 1.69. The second-order valence-electron chi connectivity index (χ2n) is 4.35. The van der Waals surface area contributed by atoms with Crippen LogP contribution in [-0.4, -0.2) is 16.7 Å². The van der Waals surface area contributed by atoms with E-state index in [1.54, 1.807) is 0 Å².